The number of carbonyl (C=O) groups excluding carboxylic acids is 4. The average Bonchev–Trinajstić information content (AvgIpc) is 3.18. The Balaban J connectivity index is 2.01. The molecular formula is C19H21NO7. The summed E-state index contributed by atoms with van der Waals surface area (Å²) in [6.07, 6.45) is 6.01. The van der Waals surface area contributed by atoms with Crippen LogP contribution >= 0.6 is 0 Å². The molecule has 0 unspecified atom stereocenters. The van der Waals surface area contributed by atoms with E-state index in [1.54, 1.807) is 0 Å². The number of allylic oxidation sites excluding steroid dienone is 2. The monoisotopic (exact) mass is 375 g/mol. The van der Waals surface area contributed by atoms with Gasteiger partial charge in [-0.2, -0.15) is 0 Å². The van der Waals surface area contributed by atoms with E-state index >= 15 is 0 Å². The summed E-state index contributed by atoms with van der Waals surface area (Å²) in [4.78, 5) is 47.4. The molecule has 8 nitrogen and oxygen atoms in total. The van der Waals surface area contributed by atoms with Gasteiger partial charge in [-0.05, 0) is 37.0 Å². The van der Waals surface area contributed by atoms with Crippen LogP contribution in [-0.2, 0) is 23.8 Å². The molecule has 1 amide bonds. The third kappa shape index (κ3) is 5.67. The first-order valence-electron chi connectivity index (χ1n) is 8.37. The molecule has 144 valence electrons. The normalized spacial score (nSPS) is 15.1. The maximum absolute atomic E-state index is 12.1. The van der Waals surface area contributed by atoms with Crippen LogP contribution in [0.15, 0.2) is 30.4 Å². The van der Waals surface area contributed by atoms with Crippen molar-refractivity contribution in [2.45, 2.75) is 19.3 Å². The van der Waals surface area contributed by atoms with Crippen molar-refractivity contribution < 1.29 is 33.4 Å². The maximum atomic E-state index is 12.1. The standard InChI is InChI=1S/C19H21NO7/c1-25-18(23)13-7-8-14(19(24)26-2)15(10-13)20-16(21)11-27-17(22)9-12-5-3-4-6-12/h3,5,7-8,10,12H,4,6,9,11H2,1-2H3,(H,20,21)/t12-/m0/s1. The van der Waals surface area contributed by atoms with Gasteiger partial charge < -0.3 is 19.5 Å². The van der Waals surface area contributed by atoms with Crippen LogP contribution in [-0.4, -0.2) is 44.6 Å². The van der Waals surface area contributed by atoms with Crippen molar-refractivity contribution >= 4 is 29.5 Å². The summed E-state index contributed by atoms with van der Waals surface area (Å²) in [7, 11) is 2.41. The van der Waals surface area contributed by atoms with Gasteiger partial charge in [0.1, 0.15) is 0 Å². The summed E-state index contributed by atoms with van der Waals surface area (Å²) in [5.41, 5.74) is 0.260. The first kappa shape index (κ1) is 20.2. The fourth-order valence-corrected chi connectivity index (χ4v) is 2.65. The second-order valence-corrected chi connectivity index (χ2v) is 5.92. The number of carbonyl (C=O) groups is 4. The van der Waals surface area contributed by atoms with Crippen molar-refractivity contribution in [2.75, 3.05) is 26.1 Å². The predicted octanol–water partition coefficient (Wildman–Crippen LogP) is 2.10. The number of hydrogen-bond donors (Lipinski definition) is 1. The Bertz CT molecular complexity index is 769. The Hall–Kier alpha value is -3.16. The lowest BCUT2D eigenvalue weighted by atomic mass is 10.1. The largest absolute Gasteiger partial charge is 0.465 e. The molecule has 0 saturated heterocycles. The van der Waals surface area contributed by atoms with Crippen molar-refractivity contribution in [1.82, 2.24) is 0 Å². The number of ether oxygens (including phenoxy) is 3. The van der Waals surface area contributed by atoms with Gasteiger partial charge in [0, 0.05) is 0 Å². The topological polar surface area (TPSA) is 108 Å². The molecule has 1 aliphatic carbocycles. The number of nitrogens with one attached hydrogen (secondary N) is 1. The van der Waals surface area contributed by atoms with Gasteiger partial charge in [0.15, 0.2) is 6.61 Å². The van der Waals surface area contributed by atoms with Gasteiger partial charge in [-0.1, -0.05) is 12.2 Å². The summed E-state index contributed by atoms with van der Waals surface area (Å²) in [5, 5.41) is 2.46. The summed E-state index contributed by atoms with van der Waals surface area (Å²) in [5.74, 6) is -2.29. The highest BCUT2D eigenvalue weighted by Gasteiger charge is 2.19. The molecule has 0 aromatic heterocycles. The molecule has 0 radical (unpaired) electrons. The van der Waals surface area contributed by atoms with Crippen molar-refractivity contribution in [3.8, 4) is 0 Å². The number of hydrogen-bond acceptors (Lipinski definition) is 7. The smallest absolute Gasteiger partial charge is 0.339 e. The van der Waals surface area contributed by atoms with Gasteiger partial charge in [0.25, 0.3) is 5.91 Å². The highest BCUT2D eigenvalue weighted by atomic mass is 16.5. The highest BCUT2D eigenvalue weighted by Crippen LogP contribution is 2.21. The van der Waals surface area contributed by atoms with Crippen LogP contribution in [0, 0.1) is 5.92 Å². The number of esters is 3. The molecule has 27 heavy (non-hydrogen) atoms. The molecule has 1 aliphatic rings. The van der Waals surface area contributed by atoms with Gasteiger partial charge in [-0.25, -0.2) is 9.59 Å². The Kier molecular flexibility index (Phi) is 7.10. The molecule has 1 aromatic carbocycles. The van der Waals surface area contributed by atoms with Crippen LogP contribution in [0.3, 0.4) is 0 Å². The Morgan fingerprint density at radius 1 is 1.11 bits per heavy atom. The molecular weight excluding hydrogens is 354 g/mol. The molecule has 8 heteroatoms. The number of benzene rings is 1. The first-order chi connectivity index (χ1) is 12.9. The lowest BCUT2D eigenvalue weighted by Gasteiger charge is -2.12. The van der Waals surface area contributed by atoms with Gasteiger partial charge in [-0.15, -0.1) is 0 Å². The van der Waals surface area contributed by atoms with E-state index in [2.05, 4.69) is 14.8 Å². The average molecular weight is 375 g/mol. The van der Waals surface area contributed by atoms with Crippen molar-refractivity contribution in [3.05, 3.63) is 41.5 Å². The molecule has 2 rings (SSSR count). The minimum atomic E-state index is -0.688. The summed E-state index contributed by atoms with van der Waals surface area (Å²) in [6.45, 7) is -0.502. The van der Waals surface area contributed by atoms with E-state index in [4.69, 9.17) is 4.74 Å². The second-order valence-electron chi connectivity index (χ2n) is 5.92. The van der Waals surface area contributed by atoms with E-state index in [0.29, 0.717) is 0 Å². The molecule has 1 N–H and O–H groups in total. The van der Waals surface area contributed by atoms with Crippen LogP contribution in [0.2, 0.25) is 0 Å². The molecule has 0 fully saturated rings. The van der Waals surface area contributed by atoms with E-state index in [9.17, 15) is 19.2 Å². The van der Waals surface area contributed by atoms with Crippen molar-refractivity contribution in [3.63, 3.8) is 0 Å². The number of amides is 1. The molecule has 0 aliphatic heterocycles. The third-order valence-electron chi connectivity index (χ3n) is 4.03. The Morgan fingerprint density at radius 3 is 2.48 bits per heavy atom. The summed E-state index contributed by atoms with van der Waals surface area (Å²) >= 11 is 0. The number of rotatable bonds is 7. The zero-order valence-corrected chi connectivity index (χ0v) is 15.2. The molecule has 0 saturated carbocycles. The molecule has 1 atom stereocenters. The van der Waals surface area contributed by atoms with Crippen LogP contribution in [0.1, 0.15) is 40.0 Å². The maximum Gasteiger partial charge on any atom is 0.339 e. The van der Waals surface area contributed by atoms with Crippen LogP contribution < -0.4 is 5.32 Å². The minimum absolute atomic E-state index is 0.0564. The van der Waals surface area contributed by atoms with Crippen molar-refractivity contribution in [2.24, 2.45) is 5.92 Å². The fraction of sp³-hybridized carbons (Fsp3) is 0.368. The first-order valence-corrected chi connectivity index (χ1v) is 8.37. The van der Waals surface area contributed by atoms with E-state index in [0.717, 1.165) is 12.8 Å². The summed E-state index contributed by atoms with van der Waals surface area (Å²) in [6, 6.07) is 4.01. The number of methoxy groups -OCH3 is 2. The molecule has 0 bridgehead atoms. The predicted molar refractivity (Wildman–Crippen MR) is 95.2 cm³/mol. The molecule has 0 spiro atoms. The zero-order valence-electron chi connectivity index (χ0n) is 15.2. The Labute approximate surface area is 156 Å². The Morgan fingerprint density at radius 2 is 1.85 bits per heavy atom. The van der Waals surface area contributed by atoms with E-state index < -0.39 is 30.4 Å². The fourth-order valence-electron chi connectivity index (χ4n) is 2.65. The highest BCUT2D eigenvalue weighted by molar-refractivity contribution is 6.04. The summed E-state index contributed by atoms with van der Waals surface area (Å²) < 4.78 is 14.3. The lowest BCUT2D eigenvalue weighted by Crippen LogP contribution is -2.23. The quantitative estimate of drug-likeness (QED) is 0.442. The number of anilines is 1. The van der Waals surface area contributed by atoms with E-state index in [-0.39, 0.29) is 29.2 Å². The SMILES string of the molecule is COC(=O)c1ccc(C(=O)OC)c(NC(=O)COC(=O)C[C@H]2C=CCC2)c1. The van der Waals surface area contributed by atoms with Crippen LogP contribution in [0.4, 0.5) is 5.69 Å². The zero-order chi connectivity index (χ0) is 19.8. The van der Waals surface area contributed by atoms with Gasteiger partial charge in [0.2, 0.25) is 0 Å². The van der Waals surface area contributed by atoms with E-state index in [1.807, 2.05) is 12.2 Å². The minimum Gasteiger partial charge on any atom is -0.465 e. The molecule has 1 aromatic rings. The lowest BCUT2D eigenvalue weighted by molar-refractivity contribution is -0.147. The van der Waals surface area contributed by atoms with E-state index in [1.165, 1.54) is 32.4 Å². The van der Waals surface area contributed by atoms with Gasteiger partial charge in [0.05, 0.1) is 37.5 Å². The van der Waals surface area contributed by atoms with Crippen LogP contribution in [0.5, 0.6) is 0 Å². The van der Waals surface area contributed by atoms with Crippen molar-refractivity contribution in [1.29, 1.82) is 0 Å². The van der Waals surface area contributed by atoms with Crippen LogP contribution in [0.25, 0.3) is 0 Å². The second kappa shape index (κ2) is 9.51. The molecule has 0 heterocycles. The third-order valence-corrected chi connectivity index (χ3v) is 4.03. The van der Waals surface area contributed by atoms with Gasteiger partial charge >= 0.3 is 17.9 Å². The van der Waals surface area contributed by atoms with Gasteiger partial charge in [-0.3, -0.25) is 9.59 Å².